The van der Waals surface area contributed by atoms with Crippen LogP contribution in [0.5, 0.6) is 5.75 Å². The van der Waals surface area contributed by atoms with Gasteiger partial charge >= 0.3 is 0 Å². The number of anilines is 1. The van der Waals surface area contributed by atoms with Crippen molar-refractivity contribution in [3.05, 3.63) is 88.3 Å². The van der Waals surface area contributed by atoms with Crippen LogP contribution in [0.25, 0.3) is 11.1 Å². The van der Waals surface area contributed by atoms with Gasteiger partial charge in [0.1, 0.15) is 30.0 Å². The van der Waals surface area contributed by atoms with Gasteiger partial charge in [-0.2, -0.15) is 4.91 Å². The minimum atomic E-state index is -0.533. The quantitative estimate of drug-likeness (QED) is 0.341. The number of benzene rings is 3. The second-order valence-electron chi connectivity index (χ2n) is 10.8. The molecule has 1 atom stereocenters. The summed E-state index contributed by atoms with van der Waals surface area (Å²) in [4.78, 5) is 43.2. The van der Waals surface area contributed by atoms with E-state index < -0.39 is 17.7 Å². The molecule has 2 amide bonds. The van der Waals surface area contributed by atoms with Gasteiger partial charge in [-0.25, -0.2) is 8.78 Å². The van der Waals surface area contributed by atoms with E-state index >= 15 is 0 Å². The largest absolute Gasteiger partial charge is 0.486 e. The molecule has 232 valence electrons. The van der Waals surface area contributed by atoms with E-state index in [9.17, 15) is 23.3 Å². The number of rotatable bonds is 10. The molecule has 0 aromatic heterocycles. The summed E-state index contributed by atoms with van der Waals surface area (Å²) in [5.41, 5.74) is 2.60. The van der Waals surface area contributed by atoms with Crippen LogP contribution in [0.2, 0.25) is 0 Å². The molecule has 2 aliphatic heterocycles. The fourth-order valence-corrected chi connectivity index (χ4v) is 5.54. The van der Waals surface area contributed by atoms with Crippen molar-refractivity contribution in [3.63, 3.8) is 0 Å². The van der Waals surface area contributed by atoms with Crippen molar-refractivity contribution < 1.29 is 23.1 Å². The number of hydrogen-bond acceptors (Lipinski definition) is 8. The van der Waals surface area contributed by atoms with Gasteiger partial charge in [-0.15, -0.1) is 0 Å². The van der Waals surface area contributed by atoms with Crippen molar-refractivity contribution in [2.75, 3.05) is 77.4 Å². The fourth-order valence-electron chi connectivity index (χ4n) is 5.54. The SMILES string of the molecule is CNC[C@H](CN=O)Oc1ccc(C(=O)N2CCN(C(=O)c3cc(F)cc(N4CCNCC4)c3)CC2)cc1-c1ccc(F)cc1. The number of carbonyl (C=O) groups is 2. The Kier molecular flexibility index (Phi) is 10.1. The second kappa shape index (κ2) is 14.4. The third-order valence-corrected chi connectivity index (χ3v) is 7.85. The first-order valence-electron chi connectivity index (χ1n) is 14.7. The van der Waals surface area contributed by atoms with Crippen LogP contribution in [0.4, 0.5) is 14.5 Å². The van der Waals surface area contributed by atoms with Gasteiger partial charge in [0.25, 0.3) is 11.8 Å². The van der Waals surface area contributed by atoms with Crippen LogP contribution in [0.15, 0.2) is 65.8 Å². The van der Waals surface area contributed by atoms with E-state index in [1.165, 1.54) is 24.3 Å². The van der Waals surface area contributed by atoms with Crippen LogP contribution in [0.3, 0.4) is 0 Å². The van der Waals surface area contributed by atoms with Gasteiger partial charge in [-0.05, 0) is 61.1 Å². The first kappa shape index (κ1) is 31.0. The van der Waals surface area contributed by atoms with Crippen LogP contribution in [-0.4, -0.2) is 100 Å². The Bertz CT molecular complexity index is 1470. The lowest BCUT2D eigenvalue weighted by Crippen LogP contribution is -2.50. The Morgan fingerprint density at radius 2 is 1.52 bits per heavy atom. The van der Waals surface area contributed by atoms with E-state index in [2.05, 4.69) is 20.7 Å². The maximum Gasteiger partial charge on any atom is 0.254 e. The number of likely N-dealkylation sites (N-methyl/N-ethyl adjacent to an activating group) is 1. The maximum absolute atomic E-state index is 14.5. The molecule has 3 aromatic carbocycles. The molecule has 2 aliphatic rings. The highest BCUT2D eigenvalue weighted by atomic mass is 19.1. The number of nitrogens with one attached hydrogen (secondary N) is 2. The molecule has 2 N–H and O–H groups in total. The Balaban J connectivity index is 1.29. The molecule has 0 saturated carbocycles. The predicted molar refractivity (Wildman–Crippen MR) is 164 cm³/mol. The molecule has 0 spiro atoms. The van der Waals surface area contributed by atoms with Gasteiger partial charge in [0.15, 0.2) is 0 Å². The van der Waals surface area contributed by atoms with Crippen molar-refractivity contribution in [2.45, 2.75) is 6.10 Å². The highest BCUT2D eigenvalue weighted by molar-refractivity contribution is 5.97. The molecule has 0 unspecified atom stereocenters. The van der Waals surface area contributed by atoms with Crippen molar-refractivity contribution in [1.29, 1.82) is 0 Å². The van der Waals surface area contributed by atoms with Gasteiger partial charge in [0, 0.05) is 81.3 Å². The van der Waals surface area contributed by atoms with Gasteiger partial charge in [0.2, 0.25) is 0 Å². The molecule has 0 bridgehead atoms. The standard InChI is InChI=1S/C32H36F2N6O4/c1-35-20-28(21-37-43)44-30-7-4-23(18-29(30)22-2-5-25(33)6-3-22)31(41)39-12-14-40(15-13-39)32(42)24-16-26(34)19-27(17-24)38-10-8-36-9-11-38/h2-7,16-19,28,35-36H,8-15,20-21H2,1H3/t28-/m1/s1. The topological polar surface area (TPSA) is 107 Å². The van der Waals surface area contributed by atoms with Crippen LogP contribution in [-0.2, 0) is 0 Å². The zero-order valence-corrected chi connectivity index (χ0v) is 24.6. The van der Waals surface area contributed by atoms with Crippen LogP contribution >= 0.6 is 0 Å². The highest BCUT2D eigenvalue weighted by Crippen LogP contribution is 2.33. The van der Waals surface area contributed by atoms with E-state index in [1.54, 1.807) is 53.2 Å². The normalized spacial score (nSPS) is 16.0. The summed E-state index contributed by atoms with van der Waals surface area (Å²) < 4.78 is 34.3. The van der Waals surface area contributed by atoms with Gasteiger partial charge < -0.3 is 30.1 Å². The Morgan fingerprint density at radius 1 is 0.864 bits per heavy atom. The van der Waals surface area contributed by atoms with Gasteiger partial charge in [-0.1, -0.05) is 17.3 Å². The molecule has 3 aromatic rings. The number of piperazine rings is 2. The zero-order valence-electron chi connectivity index (χ0n) is 24.6. The smallest absolute Gasteiger partial charge is 0.254 e. The number of carbonyl (C=O) groups excluding carboxylic acids is 2. The lowest BCUT2D eigenvalue weighted by Gasteiger charge is -2.35. The Labute approximate surface area is 254 Å². The van der Waals surface area contributed by atoms with Crippen LogP contribution in [0.1, 0.15) is 20.7 Å². The lowest BCUT2D eigenvalue weighted by molar-refractivity contribution is 0.0535. The molecule has 0 aliphatic carbocycles. The van der Waals surface area contributed by atoms with Crippen molar-refractivity contribution >= 4 is 17.5 Å². The number of amides is 2. The van der Waals surface area contributed by atoms with E-state index in [-0.39, 0.29) is 18.4 Å². The highest BCUT2D eigenvalue weighted by Gasteiger charge is 2.27. The molecular formula is C32H36F2N6O4. The molecule has 5 rings (SSSR count). The lowest BCUT2D eigenvalue weighted by atomic mass is 10.0. The molecule has 2 heterocycles. The third-order valence-electron chi connectivity index (χ3n) is 7.85. The number of nitroso groups, excluding NO2 is 1. The monoisotopic (exact) mass is 606 g/mol. The fraction of sp³-hybridized carbons (Fsp3) is 0.375. The molecule has 0 radical (unpaired) electrons. The zero-order chi connectivity index (χ0) is 31.1. The Morgan fingerprint density at radius 3 is 2.16 bits per heavy atom. The van der Waals surface area contributed by atoms with Crippen LogP contribution < -0.4 is 20.3 Å². The van der Waals surface area contributed by atoms with E-state index in [1.807, 2.05) is 0 Å². The van der Waals surface area contributed by atoms with Crippen molar-refractivity contribution in [3.8, 4) is 16.9 Å². The van der Waals surface area contributed by atoms with Crippen molar-refractivity contribution in [2.24, 2.45) is 5.18 Å². The first-order chi connectivity index (χ1) is 21.4. The first-order valence-corrected chi connectivity index (χ1v) is 14.7. The van der Waals surface area contributed by atoms with Gasteiger partial charge in [0.05, 0.1) is 0 Å². The molecule has 44 heavy (non-hydrogen) atoms. The summed E-state index contributed by atoms with van der Waals surface area (Å²) in [6.45, 7) is 4.61. The average molecular weight is 607 g/mol. The summed E-state index contributed by atoms with van der Waals surface area (Å²) in [5, 5.41) is 9.20. The predicted octanol–water partition coefficient (Wildman–Crippen LogP) is 3.37. The number of ether oxygens (including phenoxy) is 1. The average Bonchev–Trinajstić information content (AvgIpc) is 3.05. The van der Waals surface area contributed by atoms with E-state index in [4.69, 9.17) is 4.74 Å². The minimum absolute atomic E-state index is 0.0694. The second-order valence-corrected chi connectivity index (χ2v) is 10.8. The summed E-state index contributed by atoms with van der Waals surface area (Å²) in [6, 6.07) is 15.3. The maximum atomic E-state index is 14.5. The molecule has 2 saturated heterocycles. The van der Waals surface area contributed by atoms with Gasteiger partial charge in [-0.3, -0.25) is 9.59 Å². The minimum Gasteiger partial charge on any atom is -0.486 e. The van der Waals surface area contributed by atoms with E-state index in [0.717, 1.165) is 26.2 Å². The number of nitrogens with zero attached hydrogens (tertiary/aromatic N) is 4. The number of halogens is 2. The van der Waals surface area contributed by atoms with Crippen molar-refractivity contribution in [1.82, 2.24) is 20.4 Å². The third kappa shape index (κ3) is 7.37. The molecule has 12 heteroatoms. The Hall–Kier alpha value is -4.42. The molecule has 2 fully saturated rings. The van der Waals surface area contributed by atoms with E-state index in [0.29, 0.717) is 66.4 Å². The molecule has 10 nitrogen and oxygen atoms in total. The summed E-state index contributed by atoms with van der Waals surface area (Å²) >= 11 is 0. The summed E-state index contributed by atoms with van der Waals surface area (Å²) in [6.07, 6.45) is -0.533. The summed E-state index contributed by atoms with van der Waals surface area (Å²) in [5.74, 6) is -0.911. The molecular weight excluding hydrogens is 570 g/mol. The number of hydrogen-bond donors (Lipinski definition) is 2. The summed E-state index contributed by atoms with van der Waals surface area (Å²) in [7, 11) is 1.74. The van der Waals surface area contributed by atoms with Crippen LogP contribution in [0, 0.1) is 16.5 Å².